The second-order valence-corrected chi connectivity index (χ2v) is 18.5. The summed E-state index contributed by atoms with van der Waals surface area (Å²) in [5, 5.41) is 0. The van der Waals surface area contributed by atoms with Gasteiger partial charge in [0.15, 0.2) is 69.8 Å². The first-order chi connectivity index (χ1) is 32.1. The summed E-state index contributed by atoms with van der Waals surface area (Å²) in [5.74, 6) is -67.6. The summed E-state index contributed by atoms with van der Waals surface area (Å²) in [6, 6.07) is 8.83. The van der Waals surface area contributed by atoms with E-state index in [2.05, 4.69) is 24.3 Å². The zero-order chi connectivity index (χ0) is 49.8. The molecule has 68 heavy (non-hydrogen) atoms. The highest BCUT2D eigenvalue weighted by molar-refractivity contribution is 7.20. The Morgan fingerprint density at radius 1 is 0.294 bits per heavy atom. The number of hydrogen-bond donors (Lipinski definition) is 0. The summed E-state index contributed by atoms with van der Waals surface area (Å²) < 4.78 is 309. The molecule has 2 aromatic heterocycles. The third-order valence-corrected chi connectivity index (χ3v) is 14.3. The van der Waals surface area contributed by atoms with Gasteiger partial charge in [-0.25, -0.2) is 87.8 Å². The molecule has 24 heteroatoms. The highest BCUT2D eigenvalue weighted by Crippen LogP contribution is 2.35. The molecule has 0 N–H and O–H groups in total. The molecule has 0 bridgehead atoms. The van der Waals surface area contributed by atoms with Gasteiger partial charge in [0.2, 0.25) is 0 Å². The van der Waals surface area contributed by atoms with Crippen molar-refractivity contribution in [2.24, 2.45) is 0 Å². The van der Waals surface area contributed by atoms with Crippen molar-refractivity contribution in [3.8, 4) is 0 Å². The number of hydrogen-bond acceptors (Lipinski definition) is 2. The van der Waals surface area contributed by atoms with E-state index in [9.17, 15) is 52.7 Å². The topological polar surface area (TPSA) is 26.3 Å². The van der Waals surface area contributed by atoms with Crippen molar-refractivity contribution >= 4 is 28.0 Å². The van der Waals surface area contributed by atoms with Crippen LogP contribution in [0.3, 0.4) is 0 Å². The lowest BCUT2D eigenvalue weighted by atomic mass is 9.12. The summed E-state index contributed by atoms with van der Waals surface area (Å²) >= 11 is -0.308. The van der Waals surface area contributed by atoms with Crippen LogP contribution < -0.4 is 43.1 Å². The van der Waals surface area contributed by atoms with E-state index in [-0.39, 0.29) is 21.2 Å². The van der Waals surface area contributed by atoms with Crippen LogP contribution in [0, 0.1) is 124 Å². The number of halogens is 21. The van der Waals surface area contributed by atoms with Gasteiger partial charge in [-0.15, -0.1) is 21.9 Å². The lowest BCUT2D eigenvalue weighted by Crippen LogP contribution is -3.61. The van der Waals surface area contributed by atoms with Gasteiger partial charge in [0.05, 0.1) is 0 Å². The molecule has 2 heterocycles. The second kappa shape index (κ2) is 19.7. The third-order valence-electron chi connectivity index (χ3n) is 12.1. The fraction of sp³-hybridized carbons (Fsp3) is 0.273. The molecule has 6 aromatic rings. The summed E-state index contributed by atoms with van der Waals surface area (Å²) in [6.07, 6.45) is 6.23. The largest absolute Gasteiger partial charge is 0.442 e. The molecule has 8 rings (SSSR count). The number of benzene rings is 4. The van der Waals surface area contributed by atoms with Crippen molar-refractivity contribution < 1.29 is 118 Å². The van der Waals surface area contributed by atoms with Crippen LogP contribution in [0.1, 0.15) is 87.6 Å². The zero-order valence-corrected chi connectivity index (χ0v) is 36.0. The molecule has 2 fully saturated rings. The molecular weight excluding hydrogens is 1080 g/mol. The fourth-order valence-electron chi connectivity index (χ4n) is 8.94. The Morgan fingerprint density at radius 2 is 0.500 bits per heavy atom. The van der Waals surface area contributed by atoms with Gasteiger partial charge in [0, 0.05) is 24.0 Å². The van der Waals surface area contributed by atoms with Crippen molar-refractivity contribution in [2.75, 3.05) is 0 Å². The summed E-state index contributed by atoms with van der Waals surface area (Å²) in [5.41, 5.74) is -14.3. The Hall–Kier alpha value is -5.17. The van der Waals surface area contributed by atoms with Gasteiger partial charge in [-0.05, 0) is 37.8 Å². The highest BCUT2D eigenvalue weighted by atomic mass is 127. The van der Waals surface area contributed by atoms with E-state index in [0.29, 0.717) is 11.8 Å². The predicted octanol–water partition coefficient (Wildman–Crippen LogP) is 8.94. The first kappa shape index (κ1) is 50.7. The van der Waals surface area contributed by atoms with Crippen molar-refractivity contribution in [1.82, 2.24) is 0 Å². The molecule has 0 spiro atoms. The molecule has 0 unspecified atom stereocenters. The van der Waals surface area contributed by atoms with Gasteiger partial charge >= 0.3 is 28.7 Å². The van der Waals surface area contributed by atoms with Crippen LogP contribution in [0.2, 0.25) is 0 Å². The first-order valence-corrected chi connectivity index (χ1v) is 22.3. The first-order valence-electron chi connectivity index (χ1n) is 20.2. The second-order valence-electron chi connectivity index (χ2n) is 15.8. The SMILES string of the molecule is Fc1c(F)c(F)c([B-](c2c(F)c(F)c(F)c(F)c2F)(c2c(F)c(F)c(F)c(F)c2F)c2c(F)c(F)c(F)c(F)c2F)c(F)c1F.c1cc(C2CCCCC2)oc1[I+]c1ccc(C2CCCCC2)o1. The van der Waals surface area contributed by atoms with Gasteiger partial charge in [0.1, 0.15) is 64.2 Å². The Morgan fingerprint density at radius 3 is 0.721 bits per heavy atom. The summed E-state index contributed by atoms with van der Waals surface area (Å²) in [6.45, 7) is 0. The molecule has 0 aliphatic heterocycles. The van der Waals surface area contributed by atoms with Gasteiger partial charge < -0.3 is 8.83 Å². The van der Waals surface area contributed by atoms with Crippen molar-refractivity contribution in [1.29, 1.82) is 0 Å². The van der Waals surface area contributed by atoms with Crippen molar-refractivity contribution in [3.05, 3.63) is 160 Å². The molecule has 2 nitrogen and oxygen atoms in total. The molecule has 0 radical (unpaired) electrons. The van der Waals surface area contributed by atoms with Crippen molar-refractivity contribution in [3.63, 3.8) is 0 Å². The smallest absolute Gasteiger partial charge is 0.423 e. The highest BCUT2D eigenvalue weighted by Gasteiger charge is 2.52. The van der Waals surface area contributed by atoms with Gasteiger partial charge in [-0.2, -0.15) is 0 Å². The standard InChI is InChI=1S/C24BF20.C20H26IO2/c26-5-1(6(27)14(35)21(42)13(5)34)25(2-7(28)15(36)22(43)16(37)8(2)29,3-9(30)17(38)23(44)18(39)10(3)31)4-11(32)19(40)24(45)20(41)12(4)33;1-3-7-15(8-4-1)17-11-13-19(22-17)21-20-14-12-18(23-20)16-9-5-2-6-10-16/h;11-16H,1-10H2/q-1;+1. The van der Waals surface area contributed by atoms with E-state index in [1.807, 2.05) is 0 Å². The maximum atomic E-state index is 15.4. The minimum absolute atomic E-state index is 0.308. The fourth-order valence-corrected chi connectivity index (χ4v) is 10.9. The van der Waals surface area contributed by atoms with Crippen molar-refractivity contribution in [2.45, 2.75) is 76.0 Å². The van der Waals surface area contributed by atoms with E-state index in [1.54, 1.807) is 0 Å². The molecule has 4 aromatic carbocycles. The van der Waals surface area contributed by atoms with E-state index in [4.69, 9.17) is 8.83 Å². The molecule has 364 valence electrons. The normalized spacial score (nSPS) is 15.0. The van der Waals surface area contributed by atoms with Gasteiger partial charge in [-0.1, -0.05) is 38.5 Å². The monoisotopic (exact) mass is 1100 g/mol. The van der Waals surface area contributed by atoms with Gasteiger partial charge in [-0.3, -0.25) is 0 Å². The van der Waals surface area contributed by atoms with E-state index in [1.165, 1.54) is 75.7 Å². The molecule has 0 saturated heterocycles. The molecule has 2 saturated carbocycles. The van der Waals surface area contributed by atoms with Gasteiger partial charge in [0.25, 0.3) is 0 Å². The predicted molar refractivity (Wildman–Crippen MR) is 196 cm³/mol. The minimum atomic E-state index is -7.22. The average Bonchev–Trinajstić information content (AvgIpc) is 4.02. The maximum absolute atomic E-state index is 15.4. The van der Waals surface area contributed by atoms with Crippen LogP contribution in [0.25, 0.3) is 0 Å². The van der Waals surface area contributed by atoms with Crippen LogP contribution >= 0.6 is 0 Å². The van der Waals surface area contributed by atoms with Crippen LogP contribution in [0.15, 0.2) is 33.1 Å². The van der Waals surface area contributed by atoms with E-state index in [0.717, 1.165) is 7.53 Å². The Labute approximate surface area is 380 Å². The molecule has 2 aliphatic rings. The Balaban J connectivity index is 0.000000246. The van der Waals surface area contributed by atoms with Crippen LogP contribution in [0.4, 0.5) is 87.8 Å². The number of furan rings is 2. The quantitative estimate of drug-likeness (QED) is 0.0501. The van der Waals surface area contributed by atoms with E-state index >= 15 is 35.1 Å². The van der Waals surface area contributed by atoms with Crippen LogP contribution in [-0.4, -0.2) is 6.15 Å². The maximum Gasteiger partial charge on any atom is 0.442 e. The summed E-state index contributed by atoms with van der Waals surface area (Å²) in [7, 11) is 0. The molecule has 0 atom stereocenters. The Bertz CT molecular complexity index is 2490. The lowest BCUT2D eigenvalue weighted by molar-refractivity contribution is -0.636. The van der Waals surface area contributed by atoms with E-state index < -0.39 is 144 Å². The minimum Gasteiger partial charge on any atom is -0.423 e. The Kier molecular flexibility index (Phi) is 14.7. The molecular formula is C44H26BF20IO2. The van der Waals surface area contributed by atoms with Crippen LogP contribution in [-0.2, 0) is 0 Å². The lowest BCUT2D eigenvalue weighted by Gasteiger charge is -2.44. The molecule has 0 amide bonds. The number of rotatable bonds is 8. The average molecular weight is 1100 g/mol. The third kappa shape index (κ3) is 8.42. The summed E-state index contributed by atoms with van der Waals surface area (Å²) in [4.78, 5) is 0. The molecule has 2 aliphatic carbocycles. The van der Waals surface area contributed by atoms with Crippen LogP contribution in [0.5, 0.6) is 0 Å². The zero-order valence-electron chi connectivity index (χ0n) is 33.9.